The first-order chi connectivity index (χ1) is 9.50. The third-order valence-corrected chi connectivity index (χ3v) is 5.30. The van der Waals surface area contributed by atoms with Crippen LogP contribution in [0.3, 0.4) is 0 Å². The standard InChI is InChI=1S/C13H20ClN3O2S/c1-11(8-14)10-20(18,19)16-12-4-5-13(15-9-12)17-6-2-3-7-17/h4-5,9,11,16H,2-3,6-8,10H2,1H3. The topological polar surface area (TPSA) is 62.3 Å². The van der Waals surface area contributed by atoms with Gasteiger partial charge in [0.1, 0.15) is 5.82 Å². The van der Waals surface area contributed by atoms with Gasteiger partial charge in [-0.05, 0) is 30.9 Å². The van der Waals surface area contributed by atoms with Gasteiger partial charge in [-0.2, -0.15) is 0 Å². The molecule has 1 saturated heterocycles. The number of aromatic nitrogens is 1. The van der Waals surface area contributed by atoms with E-state index in [1.807, 2.05) is 6.07 Å². The predicted octanol–water partition coefficient (Wildman–Crippen LogP) is 2.30. The summed E-state index contributed by atoms with van der Waals surface area (Å²) in [6.45, 7) is 3.84. The zero-order valence-corrected chi connectivity index (χ0v) is 13.1. The number of pyridine rings is 1. The van der Waals surface area contributed by atoms with Crippen LogP contribution in [0.25, 0.3) is 0 Å². The molecule has 112 valence electrons. The summed E-state index contributed by atoms with van der Waals surface area (Å²) in [4.78, 5) is 6.52. The fourth-order valence-corrected chi connectivity index (χ4v) is 3.89. The second-order valence-corrected chi connectivity index (χ2v) is 7.32. The van der Waals surface area contributed by atoms with E-state index in [9.17, 15) is 8.42 Å². The average Bonchev–Trinajstić information content (AvgIpc) is 2.92. The van der Waals surface area contributed by atoms with Gasteiger partial charge in [-0.15, -0.1) is 11.6 Å². The van der Waals surface area contributed by atoms with Crippen LogP contribution in [0.5, 0.6) is 0 Å². The number of rotatable bonds is 6. The van der Waals surface area contributed by atoms with Gasteiger partial charge in [0.15, 0.2) is 0 Å². The normalized spacial score (nSPS) is 17.2. The van der Waals surface area contributed by atoms with Crippen molar-refractivity contribution in [3.8, 4) is 0 Å². The first-order valence-corrected chi connectivity index (χ1v) is 8.96. The van der Waals surface area contributed by atoms with Crippen LogP contribution < -0.4 is 9.62 Å². The Morgan fingerprint density at radius 2 is 2.10 bits per heavy atom. The molecule has 7 heteroatoms. The van der Waals surface area contributed by atoms with E-state index < -0.39 is 10.0 Å². The molecule has 1 N–H and O–H groups in total. The molecule has 1 atom stereocenters. The third kappa shape index (κ3) is 4.24. The first-order valence-electron chi connectivity index (χ1n) is 6.77. The Balaban J connectivity index is 1.99. The highest BCUT2D eigenvalue weighted by Crippen LogP contribution is 2.19. The van der Waals surface area contributed by atoms with E-state index in [2.05, 4.69) is 14.6 Å². The summed E-state index contributed by atoms with van der Waals surface area (Å²) >= 11 is 5.64. The highest BCUT2D eigenvalue weighted by atomic mass is 35.5. The van der Waals surface area contributed by atoms with E-state index in [1.165, 1.54) is 12.8 Å². The maximum atomic E-state index is 11.9. The lowest BCUT2D eigenvalue weighted by atomic mass is 10.3. The lowest BCUT2D eigenvalue weighted by Gasteiger charge is -2.16. The fourth-order valence-electron chi connectivity index (χ4n) is 2.22. The van der Waals surface area contributed by atoms with Gasteiger partial charge in [0.2, 0.25) is 10.0 Å². The second kappa shape index (κ2) is 6.63. The Hall–Kier alpha value is -1.01. The van der Waals surface area contributed by atoms with Crippen LogP contribution in [0.2, 0.25) is 0 Å². The summed E-state index contributed by atoms with van der Waals surface area (Å²) in [5, 5.41) is 0. The van der Waals surface area contributed by atoms with Crippen LogP contribution in [0, 0.1) is 5.92 Å². The van der Waals surface area contributed by atoms with Gasteiger partial charge in [-0.25, -0.2) is 13.4 Å². The van der Waals surface area contributed by atoms with Crippen molar-refractivity contribution in [3.63, 3.8) is 0 Å². The molecule has 0 saturated carbocycles. The third-order valence-electron chi connectivity index (χ3n) is 3.22. The van der Waals surface area contributed by atoms with Gasteiger partial charge >= 0.3 is 0 Å². The Morgan fingerprint density at radius 1 is 1.40 bits per heavy atom. The molecular formula is C13H20ClN3O2S. The highest BCUT2D eigenvalue weighted by Gasteiger charge is 2.16. The van der Waals surface area contributed by atoms with Crippen LogP contribution in [0.1, 0.15) is 19.8 Å². The molecule has 1 unspecified atom stereocenters. The molecular weight excluding hydrogens is 298 g/mol. The minimum Gasteiger partial charge on any atom is -0.357 e. The number of sulfonamides is 1. The number of halogens is 1. The van der Waals surface area contributed by atoms with Crippen LogP contribution in [0.4, 0.5) is 11.5 Å². The molecule has 20 heavy (non-hydrogen) atoms. The number of nitrogens with one attached hydrogen (secondary N) is 1. The lowest BCUT2D eigenvalue weighted by Crippen LogP contribution is -2.22. The molecule has 1 aliphatic rings. The molecule has 0 radical (unpaired) electrons. The van der Waals surface area contributed by atoms with E-state index in [1.54, 1.807) is 19.2 Å². The molecule has 2 heterocycles. The zero-order chi connectivity index (χ0) is 14.6. The van der Waals surface area contributed by atoms with Crippen molar-refractivity contribution in [2.75, 3.05) is 34.3 Å². The van der Waals surface area contributed by atoms with Crippen LogP contribution in [-0.4, -0.2) is 38.1 Å². The molecule has 0 aromatic carbocycles. The lowest BCUT2D eigenvalue weighted by molar-refractivity contribution is 0.588. The summed E-state index contributed by atoms with van der Waals surface area (Å²) in [7, 11) is -3.37. The van der Waals surface area contributed by atoms with Gasteiger partial charge in [0, 0.05) is 19.0 Å². The Bertz CT molecular complexity index is 527. The van der Waals surface area contributed by atoms with Crippen molar-refractivity contribution in [2.24, 2.45) is 5.92 Å². The minimum absolute atomic E-state index is 0.0182. The SMILES string of the molecule is CC(CCl)CS(=O)(=O)Nc1ccc(N2CCCC2)nc1. The van der Waals surface area contributed by atoms with E-state index in [-0.39, 0.29) is 11.7 Å². The fraction of sp³-hybridized carbons (Fsp3) is 0.615. The van der Waals surface area contributed by atoms with E-state index >= 15 is 0 Å². The van der Waals surface area contributed by atoms with Gasteiger partial charge in [-0.1, -0.05) is 6.92 Å². The molecule has 0 bridgehead atoms. The summed E-state index contributed by atoms with van der Waals surface area (Å²) in [5.41, 5.74) is 0.495. The Labute approximate surface area is 125 Å². The largest absolute Gasteiger partial charge is 0.357 e. The van der Waals surface area contributed by atoms with Crippen molar-refractivity contribution < 1.29 is 8.42 Å². The quantitative estimate of drug-likeness (QED) is 0.818. The molecule has 5 nitrogen and oxygen atoms in total. The first kappa shape index (κ1) is 15.4. The number of nitrogens with zero attached hydrogens (tertiary/aromatic N) is 2. The van der Waals surface area contributed by atoms with Crippen molar-refractivity contribution in [2.45, 2.75) is 19.8 Å². The monoisotopic (exact) mass is 317 g/mol. The van der Waals surface area contributed by atoms with Gasteiger partial charge in [0.05, 0.1) is 17.6 Å². The molecule has 1 aromatic heterocycles. The molecule has 1 aliphatic heterocycles. The highest BCUT2D eigenvalue weighted by molar-refractivity contribution is 7.92. The number of hydrogen-bond acceptors (Lipinski definition) is 4. The van der Waals surface area contributed by atoms with E-state index in [0.29, 0.717) is 11.6 Å². The van der Waals surface area contributed by atoms with Gasteiger partial charge in [-0.3, -0.25) is 4.72 Å². The molecule has 2 rings (SSSR count). The summed E-state index contributed by atoms with van der Waals surface area (Å²) in [6, 6.07) is 3.61. The molecule has 0 amide bonds. The maximum Gasteiger partial charge on any atom is 0.233 e. The predicted molar refractivity (Wildman–Crippen MR) is 83.0 cm³/mol. The summed E-state index contributed by atoms with van der Waals surface area (Å²) in [6.07, 6.45) is 3.94. The summed E-state index contributed by atoms with van der Waals surface area (Å²) in [5.74, 6) is 1.17. The summed E-state index contributed by atoms with van der Waals surface area (Å²) < 4.78 is 26.3. The minimum atomic E-state index is -3.37. The Morgan fingerprint density at radius 3 is 2.65 bits per heavy atom. The van der Waals surface area contributed by atoms with Crippen LogP contribution >= 0.6 is 11.6 Å². The van der Waals surface area contributed by atoms with Gasteiger partial charge in [0.25, 0.3) is 0 Å². The van der Waals surface area contributed by atoms with Crippen molar-refractivity contribution in [1.82, 2.24) is 4.98 Å². The second-order valence-electron chi connectivity index (χ2n) is 5.24. The molecule has 1 aromatic rings. The maximum absolute atomic E-state index is 11.9. The average molecular weight is 318 g/mol. The molecule has 1 fully saturated rings. The Kier molecular flexibility index (Phi) is 5.10. The van der Waals surface area contributed by atoms with E-state index in [4.69, 9.17) is 11.6 Å². The van der Waals surface area contributed by atoms with Crippen LogP contribution in [0.15, 0.2) is 18.3 Å². The number of hydrogen-bond donors (Lipinski definition) is 1. The van der Waals surface area contributed by atoms with Crippen LogP contribution in [-0.2, 0) is 10.0 Å². The smallest absolute Gasteiger partial charge is 0.233 e. The van der Waals surface area contributed by atoms with Crippen molar-refractivity contribution in [1.29, 1.82) is 0 Å². The van der Waals surface area contributed by atoms with E-state index in [0.717, 1.165) is 18.9 Å². The van der Waals surface area contributed by atoms with Crippen molar-refractivity contribution >= 4 is 33.1 Å². The molecule has 0 spiro atoms. The molecule has 0 aliphatic carbocycles. The number of anilines is 2. The van der Waals surface area contributed by atoms with Gasteiger partial charge < -0.3 is 4.90 Å². The number of alkyl halides is 1. The van der Waals surface area contributed by atoms with Crippen molar-refractivity contribution in [3.05, 3.63) is 18.3 Å². The zero-order valence-electron chi connectivity index (χ0n) is 11.5.